The molecule has 0 spiro atoms. The molecule has 0 saturated heterocycles. The van der Waals surface area contributed by atoms with Crippen molar-refractivity contribution in [3.8, 4) is 0 Å². The highest BCUT2D eigenvalue weighted by Crippen LogP contribution is 2.22. The minimum absolute atomic E-state index is 0.153. The molecule has 2 heterocycles. The van der Waals surface area contributed by atoms with E-state index in [1.165, 1.54) is 4.88 Å². The van der Waals surface area contributed by atoms with E-state index in [1.807, 2.05) is 25.5 Å². The average Bonchev–Trinajstić information content (AvgIpc) is 3.01. The fourth-order valence-corrected chi connectivity index (χ4v) is 2.72. The van der Waals surface area contributed by atoms with E-state index in [9.17, 15) is 4.79 Å². The van der Waals surface area contributed by atoms with Crippen LogP contribution in [0.4, 0.5) is 10.6 Å². The second kappa shape index (κ2) is 6.53. The zero-order valence-electron chi connectivity index (χ0n) is 11.7. The van der Waals surface area contributed by atoms with Gasteiger partial charge in [-0.25, -0.2) is 4.79 Å². The van der Waals surface area contributed by atoms with E-state index in [0.29, 0.717) is 18.1 Å². The first-order valence-electron chi connectivity index (χ1n) is 6.24. The molecule has 0 aromatic carbocycles. The van der Waals surface area contributed by atoms with Gasteiger partial charge >= 0.3 is 6.03 Å². The fraction of sp³-hybridized carbons (Fsp3) is 0.385. The van der Waals surface area contributed by atoms with Crippen LogP contribution in [0.5, 0.6) is 0 Å². The monoisotopic (exact) mass is 294 g/mol. The lowest BCUT2D eigenvalue weighted by molar-refractivity contribution is 0.243. The Labute approximate surface area is 121 Å². The maximum absolute atomic E-state index is 11.8. The summed E-state index contributed by atoms with van der Waals surface area (Å²) in [6.07, 6.45) is 0. The number of nitrogens with one attached hydrogen (secondary N) is 2. The molecule has 2 amide bonds. The molecule has 7 heteroatoms. The largest absolute Gasteiger partial charge is 0.360 e. The van der Waals surface area contributed by atoms with Crippen molar-refractivity contribution in [1.29, 1.82) is 0 Å². The van der Waals surface area contributed by atoms with Gasteiger partial charge in [-0.1, -0.05) is 11.2 Å². The highest BCUT2D eigenvalue weighted by molar-refractivity contribution is 7.10. The molecule has 0 aliphatic carbocycles. The number of likely N-dealkylation sites (N-methyl/N-ethyl adjacent to an activating group) is 1. The molecule has 1 atom stereocenters. The van der Waals surface area contributed by atoms with Crippen LogP contribution in [0, 0.1) is 6.92 Å². The van der Waals surface area contributed by atoms with Crippen LogP contribution in [-0.4, -0.2) is 36.7 Å². The molecular weight excluding hydrogens is 276 g/mol. The Hall–Kier alpha value is -1.86. The Morgan fingerprint density at radius 3 is 2.90 bits per heavy atom. The smallest absolute Gasteiger partial charge is 0.320 e. The second-order valence-corrected chi connectivity index (χ2v) is 5.63. The van der Waals surface area contributed by atoms with Crippen LogP contribution in [0.15, 0.2) is 28.1 Å². The van der Waals surface area contributed by atoms with Gasteiger partial charge in [0.15, 0.2) is 5.82 Å². The summed E-state index contributed by atoms with van der Waals surface area (Å²) in [5.74, 6) is 1.07. The normalized spacial score (nSPS) is 12.4. The van der Waals surface area contributed by atoms with E-state index in [-0.39, 0.29) is 12.1 Å². The minimum Gasteiger partial charge on any atom is -0.360 e. The summed E-state index contributed by atoms with van der Waals surface area (Å²) >= 11 is 1.68. The standard InChI is InChI=1S/C13H18N4O2S/c1-9-7-12(16-19-9)15-13(18)14-8-10(17(2)3)11-5-4-6-20-11/h4-7,10H,8H2,1-3H3,(H2,14,15,16,18). The van der Waals surface area contributed by atoms with Crippen molar-refractivity contribution in [1.82, 2.24) is 15.4 Å². The lowest BCUT2D eigenvalue weighted by atomic mass is 10.2. The maximum atomic E-state index is 11.8. The van der Waals surface area contributed by atoms with Gasteiger partial charge < -0.3 is 14.7 Å². The summed E-state index contributed by atoms with van der Waals surface area (Å²) in [7, 11) is 3.98. The van der Waals surface area contributed by atoms with E-state index in [1.54, 1.807) is 24.3 Å². The average molecular weight is 294 g/mol. The Balaban J connectivity index is 1.88. The molecule has 2 rings (SSSR count). The Morgan fingerprint density at radius 1 is 1.55 bits per heavy atom. The van der Waals surface area contributed by atoms with Crippen LogP contribution >= 0.6 is 11.3 Å². The van der Waals surface area contributed by atoms with Crippen molar-refractivity contribution in [3.63, 3.8) is 0 Å². The molecule has 0 fully saturated rings. The van der Waals surface area contributed by atoms with Crippen LogP contribution in [0.2, 0.25) is 0 Å². The number of carbonyl (C=O) groups is 1. The van der Waals surface area contributed by atoms with Gasteiger partial charge in [-0.15, -0.1) is 11.3 Å². The lowest BCUT2D eigenvalue weighted by Crippen LogP contribution is -2.36. The molecular formula is C13H18N4O2S. The molecule has 0 radical (unpaired) electrons. The molecule has 1 unspecified atom stereocenters. The van der Waals surface area contributed by atoms with Gasteiger partial charge in [0.2, 0.25) is 0 Å². The lowest BCUT2D eigenvalue weighted by Gasteiger charge is -2.23. The summed E-state index contributed by atoms with van der Waals surface area (Å²) in [5, 5.41) is 11.2. The van der Waals surface area contributed by atoms with Crippen LogP contribution in [0.25, 0.3) is 0 Å². The van der Waals surface area contributed by atoms with E-state index in [4.69, 9.17) is 4.52 Å². The fourth-order valence-electron chi connectivity index (χ4n) is 1.79. The van der Waals surface area contributed by atoms with Crippen LogP contribution in [0.1, 0.15) is 16.7 Å². The molecule has 0 bridgehead atoms. The topological polar surface area (TPSA) is 70.4 Å². The summed E-state index contributed by atoms with van der Waals surface area (Å²) in [4.78, 5) is 15.1. The van der Waals surface area contributed by atoms with Gasteiger partial charge in [0.25, 0.3) is 0 Å². The van der Waals surface area contributed by atoms with Gasteiger partial charge in [-0.2, -0.15) is 0 Å². The van der Waals surface area contributed by atoms with Gasteiger partial charge in [-0.3, -0.25) is 5.32 Å². The summed E-state index contributed by atoms with van der Waals surface area (Å²) < 4.78 is 4.89. The number of hydrogen-bond donors (Lipinski definition) is 2. The van der Waals surface area contributed by atoms with Gasteiger partial charge in [0, 0.05) is 17.5 Å². The van der Waals surface area contributed by atoms with Crippen LogP contribution < -0.4 is 10.6 Å². The van der Waals surface area contributed by atoms with Gasteiger partial charge in [-0.05, 0) is 32.5 Å². The van der Waals surface area contributed by atoms with E-state index in [2.05, 4.69) is 26.8 Å². The molecule has 6 nitrogen and oxygen atoms in total. The summed E-state index contributed by atoms with van der Waals surface area (Å²) in [6.45, 7) is 2.30. The maximum Gasteiger partial charge on any atom is 0.320 e. The van der Waals surface area contributed by atoms with Crippen LogP contribution in [-0.2, 0) is 0 Å². The Kier molecular flexibility index (Phi) is 4.75. The van der Waals surface area contributed by atoms with E-state index < -0.39 is 0 Å². The minimum atomic E-state index is -0.290. The molecule has 2 aromatic rings. The molecule has 0 aliphatic heterocycles. The first kappa shape index (κ1) is 14.5. The second-order valence-electron chi connectivity index (χ2n) is 4.65. The third-order valence-electron chi connectivity index (χ3n) is 2.82. The summed E-state index contributed by atoms with van der Waals surface area (Å²) in [5.41, 5.74) is 0. The Bertz CT molecular complexity index is 550. The molecule has 0 aliphatic rings. The number of carbonyl (C=O) groups excluding carboxylic acids is 1. The van der Waals surface area contributed by atoms with E-state index in [0.717, 1.165) is 0 Å². The Morgan fingerprint density at radius 2 is 2.35 bits per heavy atom. The van der Waals surface area contributed by atoms with Gasteiger partial charge in [0.05, 0.1) is 6.04 Å². The first-order valence-corrected chi connectivity index (χ1v) is 7.12. The molecule has 108 valence electrons. The highest BCUT2D eigenvalue weighted by atomic mass is 32.1. The number of hydrogen-bond acceptors (Lipinski definition) is 5. The third-order valence-corrected chi connectivity index (χ3v) is 3.79. The van der Waals surface area contributed by atoms with Crippen molar-refractivity contribution in [3.05, 3.63) is 34.2 Å². The quantitative estimate of drug-likeness (QED) is 0.888. The molecule has 20 heavy (non-hydrogen) atoms. The third kappa shape index (κ3) is 3.82. The number of thiophene rings is 1. The van der Waals surface area contributed by atoms with Crippen molar-refractivity contribution < 1.29 is 9.32 Å². The molecule has 2 aromatic heterocycles. The van der Waals surface area contributed by atoms with Gasteiger partial charge in [0.1, 0.15) is 5.76 Å². The predicted octanol–water partition coefficient (Wildman–Crippen LogP) is 2.47. The number of rotatable bonds is 5. The number of aryl methyl sites for hydroxylation is 1. The van der Waals surface area contributed by atoms with Crippen LogP contribution in [0.3, 0.4) is 0 Å². The SMILES string of the molecule is Cc1cc(NC(=O)NCC(c2cccs2)N(C)C)no1. The highest BCUT2D eigenvalue weighted by Gasteiger charge is 2.16. The number of aromatic nitrogens is 1. The summed E-state index contributed by atoms with van der Waals surface area (Å²) in [6, 6.07) is 5.61. The van der Waals surface area contributed by atoms with Crippen molar-refractivity contribution >= 4 is 23.2 Å². The molecule has 0 saturated carbocycles. The number of anilines is 1. The number of amides is 2. The zero-order valence-corrected chi connectivity index (χ0v) is 12.5. The molecule has 2 N–H and O–H groups in total. The van der Waals surface area contributed by atoms with E-state index >= 15 is 0 Å². The first-order chi connectivity index (χ1) is 9.56. The zero-order chi connectivity index (χ0) is 14.5. The predicted molar refractivity (Wildman–Crippen MR) is 79.0 cm³/mol. The number of urea groups is 1. The van der Waals surface area contributed by atoms with Crippen molar-refractivity contribution in [2.75, 3.05) is 26.0 Å². The van der Waals surface area contributed by atoms with Crippen molar-refractivity contribution in [2.24, 2.45) is 0 Å². The van der Waals surface area contributed by atoms with Crippen molar-refractivity contribution in [2.45, 2.75) is 13.0 Å². The number of nitrogens with zero attached hydrogens (tertiary/aromatic N) is 2.